The van der Waals surface area contributed by atoms with Crippen molar-refractivity contribution in [2.24, 2.45) is 0 Å². The Morgan fingerprint density at radius 2 is 1.90 bits per heavy atom. The minimum absolute atomic E-state index is 0.125. The fourth-order valence-electron chi connectivity index (χ4n) is 3.05. The maximum absolute atomic E-state index is 12.5. The standard InChI is InChI=1S/C22H21N5O2S/c1-13-7-9-16(10-8-13)27-20-17(11-23-27)21(29)26-22(25-20)30-12-19(28)24-18-6-4-5-14(2)15(18)3/h4-11H,12H2,1-3H3,(H,24,28)(H,25,26,29). The van der Waals surface area contributed by atoms with Crippen molar-refractivity contribution in [2.45, 2.75) is 25.9 Å². The second-order valence-corrected chi connectivity index (χ2v) is 8.05. The van der Waals surface area contributed by atoms with Crippen LogP contribution in [0.25, 0.3) is 16.7 Å². The van der Waals surface area contributed by atoms with E-state index < -0.39 is 0 Å². The number of rotatable bonds is 5. The highest BCUT2D eigenvalue weighted by molar-refractivity contribution is 7.99. The SMILES string of the molecule is Cc1ccc(-n2ncc3c(=O)[nH]c(SCC(=O)Nc4cccc(C)c4C)nc32)cc1. The molecular formula is C22H21N5O2S. The zero-order valence-corrected chi connectivity index (χ0v) is 17.7. The Hall–Kier alpha value is -3.39. The average Bonchev–Trinajstić information content (AvgIpc) is 3.15. The molecule has 0 radical (unpaired) electrons. The highest BCUT2D eigenvalue weighted by Crippen LogP contribution is 2.20. The summed E-state index contributed by atoms with van der Waals surface area (Å²) in [4.78, 5) is 32.1. The van der Waals surface area contributed by atoms with Gasteiger partial charge >= 0.3 is 0 Å². The Bertz CT molecular complexity index is 1290. The molecule has 2 N–H and O–H groups in total. The highest BCUT2D eigenvalue weighted by Gasteiger charge is 2.13. The van der Waals surface area contributed by atoms with Crippen LogP contribution in [0.2, 0.25) is 0 Å². The fourth-order valence-corrected chi connectivity index (χ4v) is 3.70. The van der Waals surface area contributed by atoms with E-state index in [4.69, 9.17) is 0 Å². The normalized spacial score (nSPS) is 11.0. The molecule has 4 rings (SSSR count). The largest absolute Gasteiger partial charge is 0.325 e. The minimum atomic E-state index is -0.282. The van der Waals surface area contributed by atoms with Gasteiger partial charge < -0.3 is 10.3 Å². The fraction of sp³-hybridized carbons (Fsp3) is 0.182. The molecule has 152 valence electrons. The van der Waals surface area contributed by atoms with Gasteiger partial charge in [0.15, 0.2) is 10.8 Å². The van der Waals surface area contributed by atoms with Crippen molar-refractivity contribution < 1.29 is 4.79 Å². The predicted octanol–water partition coefficient (Wildman–Crippen LogP) is 3.76. The molecule has 2 heterocycles. The molecule has 0 unspecified atom stereocenters. The van der Waals surface area contributed by atoms with E-state index in [0.717, 1.165) is 28.1 Å². The van der Waals surface area contributed by atoms with Gasteiger partial charge in [0.25, 0.3) is 5.56 Å². The van der Waals surface area contributed by atoms with E-state index >= 15 is 0 Å². The summed E-state index contributed by atoms with van der Waals surface area (Å²) in [5.41, 5.74) is 5.06. The smallest absolute Gasteiger partial charge is 0.262 e. The third-order valence-corrected chi connectivity index (χ3v) is 5.79. The first-order valence-electron chi connectivity index (χ1n) is 9.46. The second-order valence-electron chi connectivity index (χ2n) is 7.08. The lowest BCUT2D eigenvalue weighted by molar-refractivity contribution is -0.113. The Kier molecular flexibility index (Phi) is 5.41. The molecule has 0 saturated carbocycles. The number of aryl methyl sites for hydroxylation is 2. The lowest BCUT2D eigenvalue weighted by Crippen LogP contribution is -2.16. The number of hydrogen-bond donors (Lipinski definition) is 2. The molecule has 0 bridgehead atoms. The van der Waals surface area contributed by atoms with Gasteiger partial charge in [0.1, 0.15) is 5.39 Å². The summed E-state index contributed by atoms with van der Waals surface area (Å²) in [6.45, 7) is 5.98. The predicted molar refractivity (Wildman–Crippen MR) is 119 cm³/mol. The Balaban J connectivity index is 1.55. The van der Waals surface area contributed by atoms with Gasteiger partial charge in [-0.1, -0.05) is 41.6 Å². The number of nitrogens with one attached hydrogen (secondary N) is 2. The molecule has 0 atom stereocenters. The molecular weight excluding hydrogens is 398 g/mol. The van der Waals surface area contributed by atoms with E-state index in [1.807, 2.05) is 63.2 Å². The summed E-state index contributed by atoms with van der Waals surface area (Å²) in [5, 5.41) is 8.00. The van der Waals surface area contributed by atoms with Crippen LogP contribution in [0.1, 0.15) is 16.7 Å². The summed E-state index contributed by atoms with van der Waals surface area (Å²) >= 11 is 1.18. The van der Waals surface area contributed by atoms with Crippen molar-refractivity contribution in [3.63, 3.8) is 0 Å². The number of hydrogen-bond acceptors (Lipinski definition) is 5. The van der Waals surface area contributed by atoms with Gasteiger partial charge in [0.05, 0.1) is 17.6 Å². The number of nitrogens with zero attached hydrogens (tertiary/aromatic N) is 3. The van der Waals surface area contributed by atoms with Crippen LogP contribution in [0.3, 0.4) is 0 Å². The molecule has 8 heteroatoms. The van der Waals surface area contributed by atoms with Crippen LogP contribution in [0.4, 0.5) is 5.69 Å². The number of carbonyl (C=O) groups is 1. The number of benzene rings is 2. The quantitative estimate of drug-likeness (QED) is 0.379. The van der Waals surface area contributed by atoms with Crippen LogP contribution in [0.5, 0.6) is 0 Å². The van der Waals surface area contributed by atoms with Crippen LogP contribution in [0, 0.1) is 20.8 Å². The minimum Gasteiger partial charge on any atom is -0.325 e. The highest BCUT2D eigenvalue weighted by atomic mass is 32.2. The lowest BCUT2D eigenvalue weighted by Gasteiger charge is -2.10. The van der Waals surface area contributed by atoms with Gasteiger partial charge in [-0.15, -0.1) is 0 Å². The van der Waals surface area contributed by atoms with Crippen molar-refractivity contribution in [1.82, 2.24) is 19.7 Å². The first kappa shape index (κ1) is 19.9. The van der Waals surface area contributed by atoms with Gasteiger partial charge in [-0.2, -0.15) is 5.10 Å². The van der Waals surface area contributed by atoms with E-state index in [-0.39, 0.29) is 17.2 Å². The molecule has 0 spiro atoms. The van der Waals surface area contributed by atoms with Crippen molar-refractivity contribution in [3.8, 4) is 5.69 Å². The van der Waals surface area contributed by atoms with Crippen LogP contribution < -0.4 is 10.9 Å². The number of aromatic nitrogens is 4. The summed E-state index contributed by atoms with van der Waals surface area (Å²) in [6.07, 6.45) is 1.50. The van der Waals surface area contributed by atoms with Crippen molar-refractivity contribution >= 4 is 34.4 Å². The van der Waals surface area contributed by atoms with Crippen LogP contribution >= 0.6 is 11.8 Å². The number of aromatic amines is 1. The molecule has 30 heavy (non-hydrogen) atoms. The van der Waals surface area contributed by atoms with E-state index in [1.54, 1.807) is 4.68 Å². The van der Waals surface area contributed by atoms with Crippen molar-refractivity contribution in [1.29, 1.82) is 0 Å². The Labute approximate surface area is 177 Å². The zero-order valence-electron chi connectivity index (χ0n) is 16.9. The molecule has 1 amide bonds. The molecule has 0 saturated heterocycles. The summed E-state index contributed by atoms with van der Waals surface area (Å²) in [6, 6.07) is 13.6. The van der Waals surface area contributed by atoms with E-state index in [2.05, 4.69) is 20.4 Å². The summed E-state index contributed by atoms with van der Waals surface area (Å²) in [5.74, 6) is -0.0379. The molecule has 0 aliphatic rings. The molecule has 2 aromatic heterocycles. The molecule has 7 nitrogen and oxygen atoms in total. The first-order chi connectivity index (χ1) is 14.4. The number of thioether (sulfide) groups is 1. The molecule has 0 aliphatic heterocycles. The Morgan fingerprint density at radius 3 is 2.67 bits per heavy atom. The second kappa shape index (κ2) is 8.16. The summed E-state index contributed by atoms with van der Waals surface area (Å²) in [7, 11) is 0. The van der Waals surface area contributed by atoms with Crippen LogP contribution in [0.15, 0.2) is 58.6 Å². The lowest BCUT2D eigenvalue weighted by atomic mass is 10.1. The summed E-state index contributed by atoms with van der Waals surface area (Å²) < 4.78 is 1.63. The van der Waals surface area contributed by atoms with E-state index in [9.17, 15) is 9.59 Å². The van der Waals surface area contributed by atoms with Gasteiger partial charge in [0, 0.05) is 5.69 Å². The first-order valence-corrected chi connectivity index (χ1v) is 10.4. The van der Waals surface area contributed by atoms with E-state index in [0.29, 0.717) is 16.2 Å². The van der Waals surface area contributed by atoms with Crippen molar-refractivity contribution in [3.05, 3.63) is 75.7 Å². The maximum atomic E-state index is 12.5. The van der Waals surface area contributed by atoms with Crippen LogP contribution in [-0.2, 0) is 4.79 Å². The number of H-pyrrole nitrogens is 1. The zero-order chi connectivity index (χ0) is 21.3. The molecule has 0 fully saturated rings. The van der Waals surface area contributed by atoms with Crippen molar-refractivity contribution in [2.75, 3.05) is 11.1 Å². The molecule has 2 aromatic carbocycles. The number of amides is 1. The third kappa shape index (κ3) is 3.99. The van der Waals surface area contributed by atoms with Gasteiger partial charge in [0.2, 0.25) is 5.91 Å². The Morgan fingerprint density at radius 1 is 1.13 bits per heavy atom. The molecule has 0 aliphatic carbocycles. The number of carbonyl (C=O) groups excluding carboxylic acids is 1. The van der Waals surface area contributed by atoms with E-state index in [1.165, 1.54) is 18.0 Å². The van der Waals surface area contributed by atoms with Gasteiger partial charge in [-0.3, -0.25) is 9.59 Å². The van der Waals surface area contributed by atoms with Crippen LogP contribution in [-0.4, -0.2) is 31.4 Å². The van der Waals surface area contributed by atoms with Gasteiger partial charge in [-0.25, -0.2) is 9.67 Å². The average molecular weight is 420 g/mol. The number of fused-ring (bicyclic) bond motifs is 1. The monoisotopic (exact) mass is 419 g/mol. The maximum Gasteiger partial charge on any atom is 0.262 e. The van der Waals surface area contributed by atoms with Gasteiger partial charge in [-0.05, 0) is 50.1 Å². The molecule has 4 aromatic rings. The third-order valence-electron chi connectivity index (χ3n) is 4.91. The topological polar surface area (TPSA) is 92.7 Å². The number of anilines is 1.